The molecule has 0 amide bonds. The first-order valence-corrected chi connectivity index (χ1v) is 4.63. The zero-order chi connectivity index (χ0) is 9.03. The molecule has 1 aliphatic heterocycles. The molecule has 0 bridgehead atoms. The first-order chi connectivity index (χ1) is 5.75. The molecular weight excluding hydrogens is 154 g/mol. The molecule has 0 spiro atoms. The Hall–Kier alpha value is -0.570. The molecule has 0 aliphatic carbocycles. The van der Waals surface area contributed by atoms with Gasteiger partial charge in [0.2, 0.25) is 0 Å². The summed E-state index contributed by atoms with van der Waals surface area (Å²) in [4.78, 5) is 11.5. The third kappa shape index (κ3) is 1.61. The molecule has 1 heterocycles. The number of carbonyl (C=O) groups is 1. The monoisotopic (exact) mass is 171 g/mol. The third-order valence-corrected chi connectivity index (χ3v) is 2.63. The number of nitrogens with one attached hydrogen (secondary N) is 1. The molecule has 0 saturated carbocycles. The van der Waals surface area contributed by atoms with E-state index in [1.807, 2.05) is 13.8 Å². The first kappa shape index (κ1) is 9.52. The van der Waals surface area contributed by atoms with Gasteiger partial charge in [-0.2, -0.15) is 0 Å². The summed E-state index contributed by atoms with van der Waals surface area (Å²) in [6.07, 6.45) is 1.79. The van der Waals surface area contributed by atoms with Crippen molar-refractivity contribution in [3.63, 3.8) is 0 Å². The van der Waals surface area contributed by atoms with Crippen LogP contribution in [0, 0.1) is 5.41 Å². The van der Waals surface area contributed by atoms with Gasteiger partial charge in [-0.25, -0.2) is 0 Å². The second-order valence-corrected chi connectivity index (χ2v) is 3.28. The van der Waals surface area contributed by atoms with Gasteiger partial charge in [0.25, 0.3) is 0 Å². The summed E-state index contributed by atoms with van der Waals surface area (Å²) < 4.78 is 5.04. The predicted octanol–water partition coefficient (Wildman–Crippen LogP) is 0.939. The minimum Gasteiger partial charge on any atom is -0.466 e. The van der Waals surface area contributed by atoms with Crippen molar-refractivity contribution in [3.05, 3.63) is 0 Å². The molecule has 1 rings (SSSR count). The number of hydrogen-bond acceptors (Lipinski definition) is 3. The van der Waals surface area contributed by atoms with Gasteiger partial charge in [-0.05, 0) is 26.3 Å². The summed E-state index contributed by atoms with van der Waals surface area (Å²) in [5.74, 6) is -0.0301. The average molecular weight is 171 g/mol. The van der Waals surface area contributed by atoms with E-state index in [2.05, 4.69) is 5.32 Å². The SMILES string of the molecule is CCOC(=O)C1(CC)CCNC1. The molecule has 12 heavy (non-hydrogen) atoms. The largest absolute Gasteiger partial charge is 0.466 e. The Morgan fingerprint density at radius 2 is 2.33 bits per heavy atom. The van der Waals surface area contributed by atoms with E-state index >= 15 is 0 Å². The Balaban J connectivity index is 2.59. The van der Waals surface area contributed by atoms with Crippen molar-refractivity contribution >= 4 is 5.97 Å². The molecular formula is C9H17NO2. The van der Waals surface area contributed by atoms with Crippen LogP contribution in [0.15, 0.2) is 0 Å². The van der Waals surface area contributed by atoms with Crippen molar-refractivity contribution < 1.29 is 9.53 Å². The van der Waals surface area contributed by atoms with Crippen LogP contribution < -0.4 is 5.32 Å². The molecule has 0 radical (unpaired) electrons. The van der Waals surface area contributed by atoms with Crippen molar-refractivity contribution in [2.24, 2.45) is 5.41 Å². The topological polar surface area (TPSA) is 38.3 Å². The molecule has 1 atom stereocenters. The zero-order valence-corrected chi connectivity index (χ0v) is 7.85. The number of ether oxygens (including phenoxy) is 1. The van der Waals surface area contributed by atoms with Crippen LogP contribution in [-0.2, 0) is 9.53 Å². The normalized spacial score (nSPS) is 28.8. The highest BCUT2D eigenvalue weighted by molar-refractivity contribution is 5.77. The van der Waals surface area contributed by atoms with Crippen LogP contribution >= 0.6 is 0 Å². The second-order valence-electron chi connectivity index (χ2n) is 3.28. The average Bonchev–Trinajstić information content (AvgIpc) is 2.54. The van der Waals surface area contributed by atoms with Crippen molar-refractivity contribution in [3.8, 4) is 0 Å². The molecule has 1 N–H and O–H groups in total. The van der Waals surface area contributed by atoms with Crippen molar-refractivity contribution in [2.75, 3.05) is 19.7 Å². The van der Waals surface area contributed by atoms with Crippen LogP contribution in [0.5, 0.6) is 0 Å². The smallest absolute Gasteiger partial charge is 0.313 e. The van der Waals surface area contributed by atoms with Gasteiger partial charge in [0.05, 0.1) is 12.0 Å². The molecule has 1 saturated heterocycles. The molecule has 1 aliphatic rings. The lowest BCUT2D eigenvalue weighted by Gasteiger charge is -2.23. The zero-order valence-electron chi connectivity index (χ0n) is 7.85. The van der Waals surface area contributed by atoms with E-state index in [0.29, 0.717) is 6.61 Å². The number of hydrogen-bond donors (Lipinski definition) is 1. The summed E-state index contributed by atoms with van der Waals surface area (Å²) in [6, 6.07) is 0. The summed E-state index contributed by atoms with van der Waals surface area (Å²) in [7, 11) is 0. The van der Waals surface area contributed by atoms with Crippen molar-refractivity contribution in [1.29, 1.82) is 0 Å². The summed E-state index contributed by atoms with van der Waals surface area (Å²) in [6.45, 7) is 6.10. The quantitative estimate of drug-likeness (QED) is 0.642. The van der Waals surface area contributed by atoms with Crippen LogP contribution in [0.2, 0.25) is 0 Å². The van der Waals surface area contributed by atoms with Crippen molar-refractivity contribution in [2.45, 2.75) is 26.7 Å². The van der Waals surface area contributed by atoms with E-state index in [1.165, 1.54) is 0 Å². The number of carbonyl (C=O) groups excluding carboxylic acids is 1. The summed E-state index contributed by atoms with van der Waals surface area (Å²) >= 11 is 0. The van der Waals surface area contributed by atoms with Gasteiger partial charge in [-0.3, -0.25) is 4.79 Å². The third-order valence-electron chi connectivity index (χ3n) is 2.63. The molecule has 0 aromatic rings. The van der Waals surface area contributed by atoms with Gasteiger partial charge in [-0.1, -0.05) is 6.92 Å². The predicted molar refractivity (Wildman–Crippen MR) is 46.8 cm³/mol. The molecule has 1 unspecified atom stereocenters. The van der Waals surface area contributed by atoms with E-state index in [1.54, 1.807) is 0 Å². The molecule has 3 nitrogen and oxygen atoms in total. The highest BCUT2D eigenvalue weighted by Gasteiger charge is 2.40. The molecule has 0 aromatic heterocycles. The maximum atomic E-state index is 11.5. The van der Waals surface area contributed by atoms with E-state index in [-0.39, 0.29) is 11.4 Å². The van der Waals surface area contributed by atoms with Crippen LogP contribution in [0.1, 0.15) is 26.7 Å². The fraction of sp³-hybridized carbons (Fsp3) is 0.889. The second kappa shape index (κ2) is 3.90. The number of rotatable bonds is 3. The van der Waals surface area contributed by atoms with E-state index in [0.717, 1.165) is 25.9 Å². The van der Waals surface area contributed by atoms with Gasteiger partial charge < -0.3 is 10.1 Å². The van der Waals surface area contributed by atoms with E-state index in [4.69, 9.17) is 4.74 Å². The van der Waals surface area contributed by atoms with Crippen molar-refractivity contribution in [1.82, 2.24) is 5.32 Å². The van der Waals surface area contributed by atoms with Gasteiger partial charge in [0, 0.05) is 6.54 Å². The van der Waals surface area contributed by atoms with Crippen LogP contribution in [-0.4, -0.2) is 25.7 Å². The summed E-state index contributed by atoms with van der Waals surface area (Å²) in [5.41, 5.74) is -0.226. The van der Waals surface area contributed by atoms with Crippen LogP contribution in [0.3, 0.4) is 0 Å². The minimum absolute atomic E-state index is 0.0301. The first-order valence-electron chi connectivity index (χ1n) is 4.63. The van der Waals surface area contributed by atoms with Crippen LogP contribution in [0.25, 0.3) is 0 Å². The standard InChI is InChI=1S/C9H17NO2/c1-3-9(5-6-10-7-9)8(11)12-4-2/h10H,3-7H2,1-2H3. The molecule has 1 fully saturated rings. The van der Waals surface area contributed by atoms with Crippen LogP contribution in [0.4, 0.5) is 0 Å². The molecule has 70 valence electrons. The van der Waals surface area contributed by atoms with Gasteiger partial charge in [0.1, 0.15) is 0 Å². The Morgan fingerprint density at radius 3 is 2.75 bits per heavy atom. The fourth-order valence-electron chi connectivity index (χ4n) is 1.65. The highest BCUT2D eigenvalue weighted by Crippen LogP contribution is 2.30. The lowest BCUT2D eigenvalue weighted by atomic mass is 9.84. The molecule has 0 aromatic carbocycles. The Kier molecular flexibility index (Phi) is 3.09. The fourth-order valence-corrected chi connectivity index (χ4v) is 1.65. The summed E-state index contributed by atoms with van der Waals surface area (Å²) in [5, 5.41) is 3.20. The van der Waals surface area contributed by atoms with E-state index < -0.39 is 0 Å². The minimum atomic E-state index is -0.226. The lowest BCUT2D eigenvalue weighted by molar-refractivity contribution is -0.154. The van der Waals surface area contributed by atoms with Gasteiger partial charge in [0.15, 0.2) is 0 Å². The van der Waals surface area contributed by atoms with Gasteiger partial charge in [-0.15, -0.1) is 0 Å². The van der Waals surface area contributed by atoms with Gasteiger partial charge >= 0.3 is 5.97 Å². The molecule has 3 heteroatoms. The maximum absolute atomic E-state index is 11.5. The maximum Gasteiger partial charge on any atom is 0.313 e. The Morgan fingerprint density at radius 1 is 1.58 bits per heavy atom. The Bertz CT molecular complexity index is 162. The van der Waals surface area contributed by atoms with E-state index in [9.17, 15) is 4.79 Å². The number of esters is 1. The lowest BCUT2D eigenvalue weighted by Crippen LogP contribution is -2.34. The highest BCUT2D eigenvalue weighted by atomic mass is 16.5. The Labute approximate surface area is 73.5 Å².